The van der Waals surface area contributed by atoms with Gasteiger partial charge in [0.25, 0.3) is 0 Å². The van der Waals surface area contributed by atoms with Crippen molar-refractivity contribution in [3.63, 3.8) is 0 Å². The molecule has 4 nitrogen and oxygen atoms in total. The lowest BCUT2D eigenvalue weighted by atomic mass is 10.1. The summed E-state index contributed by atoms with van der Waals surface area (Å²) in [5.74, 6) is -0.0974. The molecular weight excluding hydrogens is 250 g/mol. The summed E-state index contributed by atoms with van der Waals surface area (Å²) in [6, 6.07) is 7.51. The Balaban J connectivity index is 1.93. The quantitative estimate of drug-likeness (QED) is 0.556. The van der Waals surface area contributed by atoms with Crippen LogP contribution in [0.4, 0.5) is 0 Å². The van der Waals surface area contributed by atoms with Crippen molar-refractivity contribution in [3.8, 4) is 0 Å². The molecular formula is C16H21N3O. The number of nitrogens with one attached hydrogen (secondary N) is 2. The second-order valence-electron chi connectivity index (χ2n) is 4.82. The molecule has 2 aromatic rings. The van der Waals surface area contributed by atoms with Crippen LogP contribution in [0.25, 0.3) is 10.9 Å². The molecule has 20 heavy (non-hydrogen) atoms. The highest BCUT2D eigenvalue weighted by Crippen LogP contribution is 2.18. The molecule has 0 saturated carbocycles. The zero-order valence-corrected chi connectivity index (χ0v) is 11.7. The van der Waals surface area contributed by atoms with Gasteiger partial charge in [0.2, 0.25) is 5.91 Å². The molecule has 1 aromatic carbocycles. The highest BCUT2D eigenvalue weighted by atomic mass is 16.2. The number of H-pyrrole nitrogens is 1. The molecule has 0 aliphatic carbocycles. The second-order valence-corrected chi connectivity index (χ2v) is 4.82. The molecule has 4 N–H and O–H groups in total. The standard InChI is InChI=1S/C16H21N3O/c1-2-3-6-9-18-16(20)14(17)10-12-11-19-15-8-5-4-7-13(12)15/h2-5,7-8,11,14,19H,6,9-10,17H2,1H3,(H,18,20)/b3-2+. The SMILES string of the molecule is C/C=C/CCNC(=O)C(N)Cc1c[nH]c2ccccc12. The van der Waals surface area contributed by atoms with Gasteiger partial charge in [-0.15, -0.1) is 0 Å². The minimum absolute atomic E-state index is 0.0974. The zero-order chi connectivity index (χ0) is 14.4. The maximum absolute atomic E-state index is 11.9. The Kier molecular flexibility index (Phi) is 4.96. The van der Waals surface area contributed by atoms with Crippen LogP contribution in [0.3, 0.4) is 0 Å². The molecule has 1 heterocycles. The summed E-state index contributed by atoms with van der Waals surface area (Å²) >= 11 is 0. The minimum Gasteiger partial charge on any atom is -0.361 e. The van der Waals surface area contributed by atoms with Gasteiger partial charge in [-0.2, -0.15) is 0 Å². The molecule has 0 saturated heterocycles. The van der Waals surface area contributed by atoms with Crippen molar-refractivity contribution in [1.82, 2.24) is 10.3 Å². The molecule has 0 aliphatic rings. The maximum Gasteiger partial charge on any atom is 0.237 e. The monoisotopic (exact) mass is 271 g/mol. The van der Waals surface area contributed by atoms with E-state index in [1.165, 1.54) is 0 Å². The lowest BCUT2D eigenvalue weighted by molar-refractivity contribution is -0.122. The molecule has 1 atom stereocenters. The van der Waals surface area contributed by atoms with Gasteiger partial charge in [-0.1, -0.05) is 30.4 Å². The lowest BCUT2D eigenvalue weighted by Gasteiger charge is -2.11. The van der Waals surface area contributed by atoms with Gasteiger partial charge in [0.15, 0.2) is 0 Å². The van der Waals surface area contributed by atoms with E-state index in [9.17, 15) is 4.79 Å². The molecule has 0 bridgehead atoms. The van der Waals surface area contributed by atoms with E-state index in [0.29, 0.717) is 13.0 Å². The topological polar surface area (TPSA) is 70.9 Å². The van der Waals surface area contributed by atoms with E-state index >= 15 is 0 Å². The summed E-state index contributed by atoms with van der Waals surface area (Å²) in [6.07, 6.45) is 7.29. The molecule has 0 aliphatic heterocycles. The lowest BCUT2D eigenvalue weighted by Crippen LogP contribution is -2.42. The number of aromatic amines is 1. The van der Waals surface area contributed by atoms with E-state index in [1.807, 2.05) is 49.5 Å². The summed E-state index contributed by atoms with van der Waals surface area (Å²) in [7, 11) is 0. The fraction of sp³-hybridized carbons (Fsp3) is 0.312. The van der Waals surface area contributed by atoms with Crippen LogP contribution in [0, 0.1) is 0 Å². The van der Waals surface area contributed by atoms with Crippen LogP contribution < -0.4 is 11.1 Å². The molecule has 1 amide bonds. The predicted molar refractivity (Wildman–Crippen MR) is 82.4 cm³/mol. The van der Waals surface area contributed by atoms with Crippen LogP contribution in [0.15, 0.2) is 42.6 Å². The number of hydrogen-bond donors (Lipinski definition) is 3. The van der Waals surface area contributed by atoms with Crippen LogP contribution >= 0.6 is 0 Å². The fourth-order valence-corrected chi connectivity index (χ4v) is 2.21. The van der Waals surface area contributed by atoms with Crippen LogP contribution in [-0.4, -0.2) is 23.5 Å². The molecule has 1 aromatic heterocycles. The number of benzene rings is 1. The number of allylic oxidation sites excluding steroid dienone is 1. The summed E-state index contributed by atoms with van der Waals surface area (Å²) in [5, 5.41) is 3.98. The third kappa shape index (κ3) is 3.48. The highest BCUT2D eigenvalue weighted by Gasteiger charge is 2.15. The van der Waals surface area contributed by atoms with Gasteiger partial charge < -0.3 is 16.0 Å². The first kappa shape index (κ1) is 14.3. The summed E-state index contributed by atoms with van der Waals surface area (Å²) in [6.45, 7) is 2.59. The van der Waals surface area contributed by atoms with Crippen LogP contribution in [-0.2, 0) is 11.2 Å². The van der Waals surface area contributed by atoms with Crippen molar-refractivity contribution in [1.29, 1.82) is 0 Å². The van der Waals surface area contributed by atoms with Gasteiger partial charge in [0.1, 0.15) is 0 Å². The van der Waals surface area contributed by atoms with Crippen LogP contribution in [0.5, 0.6) is 0 Å². The number of hydrogen-bond acceptors (Lipinski definition) is 2. The molecule has 0 spiro atoms. The number of carbonyl (C=O) groups excluding carboxylic acids is 1. The largest absolute Gasteiger partial charge is 0.361 e. The molecule has 0 fully saturated rings. The predicted octanol–water partition coefficient (Wildman–Crippen LogP) is 2.12. The Bertz CT molecular complexity index is 601. The number of aromatic nitrogens is 1. The highest BCUT2D eigenvalue weighted by molar-refractivity contribution is 5.86. The van der Waals surface area contributed by atoms with Gasteiger partial charge in [-0.3, -0.25) is 4.79 Å². The second kappa shape index (κ2) is 6.91. The summed E-state index contributed by atoms with van der Waals surface area (Å²) in [5.41, 5.74) is 8.12. The van der Waals surface area contributed by atoms with Crippen molar-refractivity contribution in [3.05, 3.63) is 48.2 Å². The first-order valence-electron chi connectivity index (χ1n) is 6.92. The Morgan fingerprint density at radius 2 is 2.25 bits per heavy atom. The molecule has 1 unspecified atom stereocenters. The number of amides is 1. The zero-order valence-electron chi connectivity index (χ0n) is 11.7. The smallest absolute Gasteiger partial charge is 0.237 e. The summed E-state index contributed by atoms with van der Waals surface area (Å²) < 4.78 is 0. The van der Waals surface area contributed by atoms with Crippen molar-refractivity contribution in [2.75, 3.05) is 6.54 Å². The molecule has 4 heteroatoms. The Morgan fingerprint density at radius 1 is 1.45 bits per heavy atom. The van der Waals surface area contributed by atoms with E-state index in [2.05, 4.69) is 10.3 Å². The van der Waals surface area contributed by atoms with Crippen molar-refractivity contribution < 1.29 is 4.79 Å². The maximum atomic E-state index is 11.9. The van der Waals surface area contributed by atoms with E-state index < -0.39 is 6.04 Å². The van der Waals surface area contributed by atoms with E-state index in [0.717, 1.165) is 22.9 Å². The fourth-order valence-electron chi connectivity index (χ4n) is 2.21. The van der Waals surface area contributed by atoms with Crippen LogP contribution in [0.2, 0.25) is 0 Å². The Labute approximate surface area is 119 Å². The van der Waals surface area contributed by atoms with E-state index in [4.69, 9.17) is 5.73 Å². The average Bonchev–Trinajstić information content (AvgIpc) is 2.87. The van der Waals surface area contributed by atoms with Crippen molar-refractivity contribution in [2.45, 2.75) is 25.8 Å². The number of fused-ring (bicyclic) bond motifs is 1. The van der Waals surface area contributed by atoms with Crippen molar-refractivity contribution in [2.24, 2.45) is 5.73 Å². The Morgan fingerprint density at radius 3 is 3.05 bits per heavy atom. The van der Waals surface area contributed by atoms with Gasteiger partial charge in [-0.05, 0) is 31.4 Å². The molecule has 0 radical (unpaired) electrons. The average molecular weight is 271 g/mol. The van der Waals surface area contributed by atoms with Gasteiger partial charge >= 0.3 is 0 Å². The number of rotatable bonds is 6. The van der Waals surface area contributed by atoms with Crippen molar-refractivity contribution >= 4 is 16.8 Å². The number of carbonyl (C=O) groups is 1. The van der Waals surface area contributed by atoms with E-state index in [1.54, 1.807) is 0 Å². The summed E-state index contributed by atoms with van der Waals surface area (Å²) in [4.78, 5) is 15.1. The normalized spacial score (nSPS) is 12.9. The van der Waals surface area contributed by atoms with Gasteiger partial charge in [0, 0.05) is 23.6 Å². The van der Waals surface area contributed by atoms with Gasteiger partial charge in [0.05, 0.1) is 6.04 Å². The number of nitrogens with two attached hydrogens (primary N) is 1. The molecule has 106 valence electrons. The van der Waals surface area contributed by atoms with Crippen LogP contribution in [0.1, 0.15) is 18.9 Å². The minimum atomic E-state index is -0.514. The first-order valence-corrected chi connectivity index (χ1v) is 6.92. The molecule has 2 rings (SSSR count). The Hall–Kier alpha value is -2.07. The first-order chi connectivity index (χ1) is 9.72. The van der Waals surface area contributed by atoms with E-state index in [-0.39, 0.29) is 5.91 Å². The number of para-hydroxylation sites is 1. The third-order valence-electron chi connectivity index (χ3n) is 3.30. The third-order valence-corrected chi connectivity index (χ3v) is 3.30. The van der Waals surface area contributed by atoms with Gasteiger partial charge in [-0.25, -0.2) is 0 Å².